The van der Waals surface area contributed by atoms with E-state index < -0.39 is 18.9 Å². The zero-order chi connectivity index (χ0) is 13.1. The van der Waals surface area contributed by atoms with Gasteiger partial charge in [0.2, 0.25) is 0 Å². The van der Waals surface area contributed by atoms with Gasteiger partial charge in [0.25, 0.3) is 0 Å². The van der Waals surface area contributed by atoms with Gasteiger partial charge in [-0.25, -0.2) is 8.78 Å². The highest BCUT2D eigenvalue weighted by Crippen LogP contribution is 2.24. The molecule has 0 aromatic carbocycles. The van der Waals surface area contributed by atoms with Crippen LogP contribution in [0.5, 0.6) is 0 Å². The fourth-order valence-electron chi connectivity index (χ4n) is 1.33. The van der Waals surface area contributed by atoms with Crippen molar-refractivity contribution in [2.45, 2.75) is 44.7 Å². The Morgan fingerprint density at radius 3 is 2.65 bits per heavy atom. The molecular formula is C10H15F4N3. The minimum Gasteiger partial charge on any atom is -0.327 e. The number of alkyl halides is 4. The molecule has 0 saturated heterocycles. The summed E-state index contributed by atoms with van der Waals surface area (Å²) in [5.41, 5.74) is 6.36. The van der Waals surface area contributed by atoms with E-state index in [1.165, 1.54) is 12.4 Å². The number of halogens is 4. The topological polar surface area (TPSA) is 43.8 Å². The molecule has 98 valence electrons. The third-order valence-electron chi connectivity index (χ3n) is 2.40. The lowest BCUT2D eigenvalue weighted by Crippen LogP contribution is -2.32. The average Bonchev–Trinajstić information content (AvgIpc) is 2.64. The van der Waals surface area contributed by atoms with E-state index in [1.54, 1.807) is 0 Å². The van der Waals surface area contributed by atoms with Crippen LogP contribution in [0.15, 0.2) is 12.4 Å². The minimum absolute atomic E-state index is 0.0803. The van der Waals surface area contributed by atoms with Gasteiger partial charge in [-0.1, -0.05) is 6.92 Å². The maximum absolute atomic E-state index is 12.7. The molecule has 0 spiro atoms. The summed E-state index contributed by atoms with van der Waals surface area (Å²) in [4.78, 5) is 0. The number of nitrogens with zero attached hydrogens (tertiary/aromatic N) is 2. The van der Waals surface area contributed by atoms with Gasteiger partial charge >= 0.3 is 12.3 Å². The van der Waals surface area contributed by atoms with Crippen molar-refractivity contribution in [1.29, 1.82) is 0 Å². The summed E-state index contributed by atoms with van der Waals surface area (Å²) < 4.78 is 50.2. The van der Waals surface area contributed by atoms with E-state index in [0.717, 1.165) is 11.1 Å². The highest BCUT2D eigenvalue weighted by Gasteiger charge is 2.41. The molecular weight excluding hydrogens is 238 g/mol. The molecule has 1 heterocycles. The van der Waals surface area contributed by atoms with E-state index in [9.17, 15) is 17.6 Å². The van der Waals surface area contributed by atoms with Gasteiger partial charge < -0.3 is 5.73 Å². The Bertz CT molecular complexity index is 351. The number of rotatable bonds is 6. The van der Waals surface area contributed by atoms with Gasteiger partial charge in [0, 0.05) is 12.2 Å². The Labute approximate surface area is 96.6 Å². The summed E-state index contributed by atoms with van der Waals surface area (Å²) >= 11 is 0. The van der Waals surface area contributed by atoms with Crippen LogP contribution in [0.1, 0.15) is 18.9 Å². The summed E-state index contributed by atoms with van der Waals surface area (Å²) in [6.07, 6.45) is 0.255. The highest BCUT2D eigenvalue weighted by molar-refractivity contribution is 5.06. The Morgan fingerprint density at radius 1 is 1.47 bits per heavy atom. The number of hydrogen-bond donors (Lipinski definition) is 1. The SMILES string of the molecule is CCC(N)Cc1cnn(CC(F)(F)C(F)F)c1. The Hall–Kier alpha value is -1.11. The predicted octanol–water partition coefficient (Wildman–Crippen LogP) is 2.06. The molecule has 0 aliphatic rings. The third kappa shape index (κ3) is 3.99. The summed E-state index contributed by atoms with van der Waals surface area (Å²) in [6, 6.07) is -0.0803. The Morgan fingerprint density at radius 2 is 2.12 bits per heavy atom. The first kappa shape index (κ1) is 14.0. The van der Waals surface area contributed by atoms with E-state index in [2.05, 4.69) is 5.10 Å². The van der Waals surface area contributed by atoms with Crippen molar-refractivity contribution < 1.29 is 17.6 Å². The summed E-state index contributed by atoms with van der Waals surface area (Å²) in [6.45, 7) is 0.784. The van der Waals surface area contributed by atoms with Gasteiger partial charge in [0.1, 0.15) is 6.54 Å². The molecule has 3 nitrogen and oxygen atoms in total. The summed E-state index contributed by atoms with van der Waals surface area (Å²) in [7, 11) is 0. The van der Waals surface area contributed by atoms with Gasteiger partial charge in [0.05, 0.1) is 6.20 Å². The van der Waals surface area contributed by atoms with Crippen LogP contribution < -0.4 is 5.73 Å². The van der Waals surface area contributed by atoms with Crippen LogP contribution in [0.25, 0.3) is 0 Å². The molecule has 7 heteroatoms. The molecule has 2 N–H and O–H groups in total. The van der Waals surface area contributed by atoms with Crippen LogP contribution in [0.4, 0.5) is 17.6 Å². The largest absolute Gasteiger partial charge is 0.327 e. The van der Waals surface area contributed by atoms with Gasteiger partial charge in [-0.3, -0.25) is 4.68 Å². The smallest absolute Gasteiger partial charge is 0.326 e. The number of aromatic nitrogens is 2. The molecule has 0 amide bonds. The van der Waals surface area contributed by atoms with Crippen LogP contribution in [0, 0.1) is 0 Å². The fourth-order valence-corrected chi connectivity index (χ4v) is 1.33. The highest BCUT2D eigenvalue weighted by atomic mass is 19.3. The molecule has 0 saturated carbocycles. The Balaban J connectivity index is 2.63. The number of hydrogen-bond acceptors (Lipinski definition) is 2. The van der Waals surface area contributed by atoms with E-state index >= 15 is 0 Å². The van der Waals surface area contributed by atoms with Crippen molar-refractivity contribution >= 4 is 0 Å². The second-order valence-electron chi connectivity index (χ2n) is 3.98. The van der Waals surface area contributed by atoms with Crippen LogP contribution in [-0.4, -0.2) is 28.2 Å². The van der Waals surface area contributed by atoms with Crippen molar-refractivity contribution in [3.63, 3.8) is 0 Å². The quantitative estimate of drug-likeness (QED) is 0.789. The molecule has 17 heavy (non-hydrogen) atoms. The molecule has 0 bridgehead atoms. The minimum atomic E-state index is -4.06. The van der Waals surface area contributed by atoms with Crippen molar-refractivity contribution in [3.8, 4) is 0 Å². The lowest BCUT2D eigenvalue weighted by atomic mass is 10.1. The molecule has 0 aliphatic heterocycles. The second kappa shape index (κ2) is 5.48. The van der Waals surface area contributed by atoms with Crippen molar-refractivity contribution in [3.05, 3.63) is 18.0 Å². The van der Waals surface area contributed by atoms with Crippen LogP contribution >= 0.6 is 0 Å². The molecule has 1 aromatic rings. The molecule has 1 aromatic heterocycles. The first-order valence-corrected chi connectivity index (χ1v) is 5.28. The van der Waals surface area contributed by atoms with Crippen molar-refractivity contribution in [2.75, 3.05) is 0 Å². The maximum atomic E-state index is 12.7. The van der Waals surface area contributed by atoms with E-state index in [4.69, 9.17) is 5.73 Å². The molecule has 1 unspecified atom stereocenters. The number of nitrogens with two attached hydrogens (primary N) is 1. The summed E-state index contributed by atoms with van der Waals surface area (Å²) in [5.74, 6) is -4.06. The molecule has 1 rings (SSSR count). The first-order chi connectivity index (χ1) is 7.85. The van der Waals surface area contributed by atoms with Gasteiger partial charge in [-0.2, -0.15) is 13.9 Å². The monoisotopic (exact) mass is 253 g/mol. The average molecular weight is 253 g/mol. The fraction of sp³-hybridized carbons (Fsp3) is 0.700. The molecule has 0 aliphatic carbocycles. The zero-order valence-electron chi connectivity index (χ0n) is 9.41. The third-order valence-corrected chi connectivity index (χ3v) is 2.40. The Kier molecular flexibility index (Phi) is 4.50. The maximum Gasteiger partial charge on any atom is 0.326 e. The van der Waals surface area contributed by atoms with Crippen molar-refractivity contribution in [1.82, 2.24) is 9.78 Å². The van der Waals surface area contributed by atoms with Crippen LogP contribution in [0.2, 0.25) is 0 Å². The zero-order valence-corrected chi connectivity index (χ0v) is 9.41. The molecule has 0 radical (unpaired) electrons. The molecule has 0 fully saturated rings. The van der Waals surface area contributed by atoms with Crippen LogP contribution in [-0.2, 0) is 13.0 Å². The molecule has 1 atom stereocenters. The van der Waals surface area contributed by atoms with Crippen LogP contribution in [0.3, 0.4) is 0 Å². The van der Waals surface area contributed by atoms with Crippen molar-refractivity contribution in [2.24, 2.45) is 5.73 Å². The predicted molar refractivity (Wildman–Crippen MR) is 55.1 cm³/mol. The van der Waals surface area contributed by atoms with E-state index in [1.807, 2.05) is 6.92 Å². The van der Waals surface area contributed by atoms with Gasteiger partial charge in [0.15, 0.2) is 0 Å². The van der Waals surface area contributed by atoms with E-state index in [-0.39, 0.29) is 6.04 Å². The van der Waals surface area contributed by atoms with Gasteiger partial charge in [-0.15, -0.1) is 0 Å². The lowest BCUT2D eigenvalue weighted by Gasteiger charge is -2.14. The summed E-state index contributed by atoms with van der Waals surface area (Å²) in [5, 5.41) is 3.62. The normalized spacial score (nSPS) is 14.3. The first-order valence-electron chi connectivity index (χ1n) is 5.28. The lowest BCUT2D eigenvalue weighted by molar-refractivity contribution is -0.139. The standard InChI is InChI=1S/C10H15F4N3/c1-2-8(15)3-7-4-16-17(5-7)6-10(13,14)9(11)12/h4-5,8-9H,2-3,6,15H2,1H3. The van der Waals surface area contributed by atoms with Gasteiger partial charge in [-0.05, 0) is 18.4 Å². The second-order valence-corrected chi connectivity index (χ2v) is 3.98. The van der Waals surface area contributed by atoms with E-state index in [0.29, 0.717) is 12.0 Å².